The highest BCUT2D eigenvalue weighted by Crippen LogP contribution is 2.20. The highest BCUT2D eigenvalue weighted by Gasteiger charge is 2.15. The predicted octanol–water partition coefficient (Wildman–Crippen LogP) is 2.18. The van der Waals surface area contributed by atoms with E-state index < -0.39 is 0 Å². The van der Waals surface area contributed by atoms with Crippen LogP contribution in [-0.2, 0) is 0 Å². The molecule has 0 N–H and O–H groups in total. The van der Waals surface area contributed by atoms with Crippen LogP contribution in [0.1, 0.15) is 10.6 Å². The van der Waals surface area contributed by atoms with Crippen molar-refractivity contribution in [3.05, 3.63) is 41.9 Å². The number of carbonyl (C=O) groups excluding carboxylic acids is 1. The number of nitrogens with zero attached hydrogens (tertiary/aromatic N) is 2. The van der Waals surface area contributed by atoms with E-state index in [1.807, 2.05) is 0 Å². The van der Waals surface area contributed by atoms with Crippen LogP contribution in [0.25, 0.3) is 11.3 Å². The zero-order chi connectivity index (χ0) is 12.4. The average molecular weight is 234 g/mol. The Hall–Kier alpha value is -2.17. The number of rotatable bonds is 2. The summed E-state index contributed by atoms with van der Waals surface area (Å²) in [7, 11) is 3.24. The molecule has 2 rings (SSSR count). The van der Waals surface area contributed by atoms with Gasteiger partial charge in [0.2, 0.25) is 5.76 Å². The van der Waals surface area contributed by atoms with Crippen molar-refractivity contribution in [2.75, 3.05) is 14.1 Å². The van der Waals surface area contributed by atoms with Crippen molar-refractivity contribution in [2.45, 2.75) is 0 Å². The van der Waals surface area contributed by atoms with E-state index in [4.69, 9.17) is 4.52 Å². The van der Waals surface area contributed by atoms with Gasteiger partial charge in [0.05, 0.1) is 0 Å². The number of benzene rings is 1. The van der Waals surface area contributed by atoms with Crippen molar-refractivity contribution in [1.29, 1.82) is 0 Å². The lowest BCUT2D eigenvalue weighted by Crippen LogP contribution is -2.20. The van der Waals surface area contributed by atoms with Gasteiger partial charge in [-0.3, -0.25) is 4.79 Å². The van der Waals surface area contributed by atoms with Gasteiger partial charge in [0.25, 0.3) is 5.91 Å². The van der Waals surface area contributed by atoms with E-state index in [-0.39, 0.29) is 17.5 Å². The van der Waals surface area contributed by atoms with E-state index in [1.165, 1.54) is 23.1 Å². The fourth-order valence-corrected chi connectivity index (χ4v) is 1.38. The van der Waals surface area contributed by atoms with Crippen LogP contribution in [0.3, 0.4) is 0 Å². The van der Waals surface area contributed by atoms with E-state index in [1.54, 1.807) is 26.2 Å². The number of hydrogen-bond donors (Lipinski definition) is 0. The maximum Gasteiger partial charge on any atom is 0.291 e. The van der Waals surface area contributed by atoms with Crippen molar-refractivity contribution in [3.63, 3.8) is 0 Å². The lowest BCUT2D eigenvalue weighted by Gasteiger charge is -2.05. The Morgan fingerprint density at radius 3 is 2.76 bits per heavy atom. The number of aromatic nitrogens is 1. The summed E-state index contributed by atoms with van der Waals surface area (Å²) in [5.41, 5.74) is 1.02. The third-order valence-electron chi connectivity index (χ3n) is 2.25. The molecule has 2 aromatic rings. The van der Waals surface area contributed by atoms with Crippen molar-refractivity contribution >= 4 is 5.91 Å². The fraction of sp³-hybridized carbons (Fsp3) is 0.167. The molecule has 0 atom stereocenters. The molecule has 1 amide bonds. The number of carbonyl (C=O) groups is 1. The monoisotopic (exact) mass is 234 g/mol. The lowest BCUT2D eigenvalue weighted by molar-refractivity contribution is 0.0787. The summed E-state index contributed by atoms with van der Waals surface area (Å²) < 4.78 is 17.9. The molecule has 0 spiro atoms. The van der Waals surface area contributed by atoms with Crippen molar-refractivity contribution < 1.29 is 13.7 Å². The molecule has 0 radical (unpaired) electrons. The van der Waals surface area contributed by atoms with Gasteiger partial charge in [-0.15, -0.1) is 0 Å². The molecular formula is C12H11FN2O2. The third kappa shape index (κ3) is 2.33. The Balaban J connectivity index is 2.33. The smallest absolute Gasteiger partial charge is 0.291 e. The Labute approximate surface area is 97.6 Å². The molecule has 0 aliphatic rings. The number of amides is 1. The molecule has 0 saturated carbocycles. The molecular weight excluding hydrogens is 223 g/mol. The predicted molar refractivity (Wildman–Crippen MR) is 59.9 cm³/mol. The minimum Gasteiger partial charge on any atom is -0.350 e. The van der Waals surface area contributed by atoms with Gasteiger partial charge in [0, 0.05) is 25.7 Å². The first-order valence-corrected chi connectivity index (χ1v) is 5.02. The van der Waals surface area contributed by atoms with Gasteiger partial charge in [-0.05, 0) is 12.1 Å². The van der Waals surface area contributed by atoms with Gasteiger partial charge in [-0.1, -0.05) is 17.3 Å². The van der Waals surface area contributed by atoms with Crippen molar-refractivity contribution in [2.24, 2.45) is 0 Å². The second-order valence-corrected chi connectivity index (χ2v) is 3.79. The molecule has 4 nitrogen and oxygen atoms in total. The maximum atomic E-state index is 13.0. The van der Waals surface area contributed by atoms with Gasteiger partial charge in [0.15, 0.2) is 0 Å². The summed E-state index contributed by atoms with van der Waals surface area (Å²) in [5, 5.41) is 3.74. The van der Waals surface area contributed by atoms with E-state index in [0.717, 1.165) is 0 Å². The molecule has 1 heterocycles. The highest BCUT2D eigenvalue weighted by molar-refractivity contribution is 5.92. The Morgan fingerprint density at radius 1 is 1.35 bits per heavy atom. The van der Waals surface area contributed by atoms with Crippen LogP contribution in [0.4, 0.5) is 4.39 Å². The summed E-state index contributed by atoms with van der Waals surface area (Å²) in [6.45, 7) is 0. The summed E-state index contributed by atoms with van der Waals surface area (Å²) in [6, 6.07) is 7.45. The third-order valence-corrected chi connectivity index (χ3v) is 2.25. The molecule has 88 valence electrons. The highest BCUT2D eigenvalue weighted by atomic mass is 19.1. The van der Waals surface area contributed by atoms with Crippen LogP contribution >= 0.6 is 0 Å². The van der Waals surface area contributed by atoms with Gasteiger partial charge in [-0.2, -0.15) is 0 Å². The molecule has 0 aliphatic carbocycles. The Kier molecular flexibility index (Phi) is 2.91. The lowest BCUT2D eigenvalue weighted by atomic mass is 10.1. The van der Waals surface area contributed by atoms with E-state index in [0.29, 0.717) is 11.3 Å². The summed E-state index contributed by atoms with van der Waals surface area (Å²) >= 11 is 0. The first-order chi connectivity index (χ1) is 8.08. The van der Waals surface area contributed by atoms with E-state index >= 15 is 0 Å². The minimum absolute atomic E-state index is 0.134. The van der Waals surface area contributed by atoms with Crippen LogP contribution < -0.4 is 0 Å². The average Bonchev–Trinajstić information content (AvgIpc) is 2.77. The second-order valence-electron chi connectivity index (χ2n) is 3.79. The molecule has 0 fully saturated rings. The molecule has 1 aromatic carbocycles. The van der Waals surface area contributed by atoms with E-state index in [2.05, 4.69) is 5.16 Å². The second kappa shape index (κ2) is 4.37. The van der Waals surface area contributed by atoms with Crippen molar-refractivity contribution in [3.8, 4) is 11.3 Å². The quantitative estimate of drug-likeness (QED) is 0.800. The Morgan fingerprint density at radius 2 is 2.12 bits per heavy atom. The molecule has 17 heavy (non-hydrogen) atoms. The number of halogens is 1. The summed E-state index contributed by atoms with van der Waals surface area (Å²) in [4.78, 5) is 13.0. The first kappa shape index (κ1) is 11.3. The van der Waals surface area contributed by atoms with Crippen LogP contribution in [-0.4, -0.2) is 30.1 Å². The SMILES string of the molecule is CN(C)C(=O)c1cc(-c2cccc(F)c2)no1. The minimum atomic E-state index is -0.356. The summed E-state index contributed by atoms with van der Waals surface area (Å²) in [5.74, 6) is -0.500. The molecule has 0 saturated heterocycles. The summed E-state index contributed by atoms with van der Waals surface area (Å²) in [6.07, 6.45) is 0. The zero-order valence-corrected chi connectivity index (χ0v) is 9.48. The van der Waals surface area contributed by atoms with Gasteiger partial charge in [0.1, 0.15) is 11.5 Å². The van der Waals surface area contributed by atoms with Gasteiger partial charge < -0.3 is 9.42 Å². The van der Waals surface area contributed by atoms with Crippen LogP contribution in [0, 0.1) is 5.82 Å². The molecule has 0 bridgehead atoms. The topological polar surface area (TPSA) is 46.3 Å². The normalized spacial score (nSPS) is 10.3. The van der Waals surface area contributed by atoms with Gasteiger partial charge in [-0.25, -0.2) is 4.39 Å². The van der Waals surface area contributed by atoms with Crippen LogP contribution in [0.5, 0.6) is 0 Å². The van der Waals surface area contributed by atoms with Crippen molar-refractivity contribution in [1.82, 2.24) is 10.1 Å². The molecule has 0 unspecified atom stereocenters. The first-order valence-electron chi connectivity index (χ1n) is 5.02. The van der Waals surface area contributed by atoms with E-state index in [9.17, 15) is 9.18 Å². The fourth-order valence-electron chi connectivity index (χ4n) is 1.38. The molecule has 1 aromatic heterocycles. The zero-order valence-electron chi connectivity index (χ0n) is 9.48. The number of hydrogen-bond acceptors (Lipinski definition) is 3. The Bertz CT molecular complexity index is 549. The van der Waals surface area contributed by atoms with Crippen LogP contribution in [0.2, 0.25) is 0 Å². The maximum absolute atomic E-state index is 13.0. The van der Waals surface area contributed by atoms with Gasteiger partial charge >= 0.3 is 0 Å². The largest absolute Gasteiger partial charge is 0.350 e. The molecule has 5 heteroatoms. The standard InChI is InChI=1S/C12H11FN2O2/c1-15(2)12(16)11-7-10(14-17-11)8-4-3-5-9(13)6-8/h3-7H,1-2H3. The molecule has 0 aliphatic heterocycles. The van der Waals surface area contributed by atoms with Crippen LogP contribution in [0.15, 0.2) is 34.9 Å².